The predicted octanol–water partition coefficient (Wildman–Crippen LogP) is 2.24. The van der Waals surface area contributed by atoms with E-state index in [9.17, 15) is 0 Å². The van der Waals surface area contributed by atoms with Gasteiger partial charge in [0.05, 0.1) is 17.6 Å². The van der Waals surface area contributed by atoms with Crippen molar-refractivity contribution < 1.29 is 0 Å². The zero-order valence-corrected chi connectivity index (χ0v) is 9.70. The predicted molar refractivity (Wildman–Crippen MR) is 66.7 cm³/mol. The molecule has 2 N–H and O–H groups in total. The van der Waals surface area contributed by atoms with Crippen LogP contribution in [0.2, 0.25) is 0 Å². The van der Waals surface area contributed by atoms with Crippen molar-refractivity contribution in [3.63, 3.8) is 0 Å². The molecule has 86 valence electrons. The van der Waals surface area contributed by atoms with Crippen LogP contribution < -0.4 is 5.32 Å². The number of aromatic nitrogens is 2. The summed E-state index contributed by atoms with van der Waals surface area (Å²) in [4.78, 5) is 7.01. The Labute approximate surface area is 100 Å². The van der Waals surface area contributed by atoms with Crippen LogP contribution in [0.4, 0.5) is 5.69 Å². The highest BCUT2D eigenvalue weighted by molar-refractivity contribution is 5.62. The van der Waals surface area contributed by atoms with Gasteiger partial charge in [-0.15, -0.1) is 0 Å². The van der Waals surface area contributed by atoms with Crippen LogP contribution in [0.25, 0.3) is 0 Å². The van der Waals surface area contributed by atoms with Crippen molar-refractivity contribution in [1.29, 1.82) is 5.26 Å². The summed E-state index contributed by atoms with van der Waals surface area (Å²) < 4.78 is 0. The third-order valence-electron chi connectivity index (χ3n) is 2.64. The molecule has 4 nitrogen and oxygen atoms in total. The fourth-order valence-electron chi connectivity index (χ4n) is 1.74. The minimum absolute atomic E-state index is 0.689. The summed E-state index contributed by atoms with van der Waals surface area (Å²) in [6, 6.07) is 7.92. The Kier molecular flexibility index (Phi) is 3.41. The molecule has 1 aromatic carbocycles. The van der Waals surface area contributed by atoms with Crippen LogP contribution in [0.1, 0.15) is 16.8 Å². The number of benzene rings is 1. The topological polar surface area (TPSA) is 64.5 Å². The highest BCUT2D eigenvalue weighted by atomic mass is 14.9. The summed E-state index contributed by atoms with van der Waals surface area (Å²) in [5, 5.41) is 12.3. The van der Waals surface area contributed by atoms with E-state index in [1.807, 2.05) is 31.3 Å². The minimum atomic E-state index is 0.689. The second-order valence-corrected chi connectivity index (χ2v) is 3.86. The molecule has 0 aliphatic heterocycles. The van der Waals surface area contributed by atoms with E-state index in [2.05, 4.69) is 21.4 Å². The van der Waals surface area contributed by atoms with Crippen LogP contribution in [0, 0.1) is 18.3 Å². The normalized spacial score (nSPS) is 9.88. The van der Waals surface area contributed by atoms with Crippen molar-refractivity contribution in [2.75, 3.05) is 11.9 Å². The average Bonchev–Trinajstić information content (AvgIpc) is 2.84. The summed E-state index contributed by atoms with van der Waals surface area (Å²) in [7, 11) is 0. The summed E-state index contributed by atoms with van der Waals surface area (Å²) >= 11 is 0. The highest BCUT2D eigenvalue weighted by Crippen LogP contribution is 2.19. The highest BCUT2D eigenvalue weighted by Gasteiger charge is 2.04. The van der Waals surface area contributed by atoms with E-state index in [0.29, 0.717) is 5.56 Å². The Balaban J connectivity index is 2.02. The summed E-state index contributed by atoms with van der Waals surface area (Å²) in [5.74, 6) is 0. The first-order valence-electron chi connectivity index (χ1n) is 5.52. The van der Waals surface area contributed by atoms with E-state index in [0.717, 1.165) is 29.9 Å². The number of H-pyrrole nitrogens is 1. The molecule has 0 fully saturated rings. The molecule has 4 heteroatoms. The van der Waals surface area contributed by atoms with Gasteiger partial charge in [0.25, 0.3) is 0 Å². The number of aromatic amines is 1. The van der Waals surface area contributed by atoms with Gasteiger partial charge in [-0.05, 0) is 18.6 Å². The number of hydrogen-bond donors (Lipinski definition) is 2. The van der Waals surface area contributed by atoms with Gasteiger partial charge < -0.3 is 10.3 Å². The summed E-state index contributed by atoms with van der Waals surface area (Å²) in [6.45, 7) is 2.78. The lowest BCUT2D eigenvalue weighted by atomic mass is 10.1. The van der Waals surface area contributed by atoms with E-state index in [4.69, 9.17) is 5.26 Å². The van der Waals surface area contributed by atoms with E-state index in [1.54, 1.807) is 6.33 Å². The second-order valence-electron chi connectivity index (χ2n) is 3.86. The third kappa shape index (κ3) is 2.64. The number of nitrogens with zero attached hydrogens (tertiary/aromatic N) is 2. The van der Waals surface area contributed by atoms with Gasteiger partial charge in [0, 0.05) is 24.9 Å². The molecule has 0 saturated heterocycles. The fraction of sp³-hybridized carbons (Fsp3) is 0.231. The van der Waals surface area contributed by atoms with Gasteiger partial charge in [-0.1, -0.05) is 12.1 Å². The van der Waals surface area contributed by atoms with Crippen LogP contribution in [0.5, 0.6) is 0 Å². The molecular weight excluding hydrogens is 212 g/mol. The Hall–Kier alpha value is -2.28. The Morgan fingerprint density at radius 1 is 1.47 bits per heavy atom. The van der Waals surface area contributed by atoms with E-state index >= 15 is 0 Å². The Morgan fingerprint density at radius 3 is 3.06 bits per heavy atom. The van der Waals surface area contributed by atoms with Crippen molar-refractivity contribution in [3.05, 3.63) is 47.5 Å². The quantitative estimate of drug-likeness (QED) is 0.840. The Morgan fingerprint density at radius 2 is 2.35 bits per heavy atom. The Bertz CT molecular complexity index is 523. The van der Waals surface area contributed by atoms with Gasteiger partial charge in [-0.3, -0.25) is 0 Å². The van der Waals surface area contributed by atoms with Crippen molar-refractivity contribution in [3.8, 4) is 6.07 Å². The van der Waals surface area contributed by atoms with Gasteiger partial charge in [0.1, 0.15) is 6.07 Å². The largest absolute Gasteiger partial charge is 0.383 e. The van der Waals surface area contributed by atoms with Crippen LogP contribution in [-0.2, 0) is 6.42 Å². The van der Waals surface area contributed by atoms with Crippen LogP contribution >= 0.6 is 0 Å². The third-order valence-corrected chi connectivity index (χ3v) is 2.64. The maximum Gasteiger partial charge on any atom is 0.101 e. The molecule has 0 bridgehead atoms. The van der Waals surface area contributed by atoms with Crippen LogP contribution in [-0.4, -0.2) is 16.5 Å². The molecule has 0 spiro atoms. The van der Waals surface area contributed by atoms with E-state index in [-0.39, 0.29) is 0 Å². The van der Waals surface area contributed by atoms with Gasteiger partial charge >= 0.3 is 0 Å². The molecule has 0 unspecified atom stereocenters. The number of rotatable bonds is 4. The van der Waals surface area contributed by atoms with Crippen molar-refractivity contribution in [1.82, 2.24) is 9.97 Å². The number of hydrogen-bond acceptors (Lipinski definition) is 3. The molecule has 2 aromatic rings. The summed E-state index contributed by atoms with van der Waals surface area (Å²) in [6.07, 6.45) is 4.34. The van der Waals surface area contributed by atoms with Crippen LogP contribution in [0.15, 0.2) is 30.7 Å². The standard InChI is InChI=1S/C13H14N4/c1-10-3-2-4-11(7-14)13(10)16-6-5-12-8-15-9-17-12/h2-4,8-9,16H,5-6H2,1H3,(H,15,17). The maximum atomic E-state index is 9.02. The van der Waals surface area contributed by atoms with Gasteiger partial charge in [-0.2, -0.15) is 5.26 Å². The molecule has 0 saturated carbocycles. The molecule has 1 heterocycles. The SMILES string of the molecule is Cc1cccc(C#N)c1NCCc1cnc[nH]1. The number of nitrogens with one attached hydrogen (secondary N) is 2. The summed E-state index contributed by atoms with van der Waals surface area (Å²) in [5.41, 5.74) is 3.79. The molecule has 0 aliphatic rings. The second kappa shape index (κ2) is 5.17. The lowest BCUT2D eigenvalue weighted by Gasteiger charge is -2.10. The first kappa shape index (κ1) is 11.2. The first-order chi connectivity index (χ1) is 8.31. The van der Waals surface area contributed by atoms with Gasteiger partial charge in [0.15, 0.2) is 0 Å². The van der Waals surface area contributed by atoms with Crippen molar-refractivity contribution in [2.24, 2.45) is 0 Å². The zero-order valence-electron chi connectivity index (χ0n) is 9.70. The molecule has 17 heavy (non-hydrogen) atoms. The smallest absolute Gasteiger partial charge is 0.101 e. The molecule has 0 radical (unpaired) electrons. The number of aryl methyl sites for hydroxylation is 1. The average molecular weight is 226 g/mol. The maximum absolute atomic E-state index is 9.02. The molecule has 2 rings (SSSR count). The zero-order chi connectivity index (χ0) is 12.1. The van der Waals surface area contributed by atoms with E-state index < -0.39 is 0 Å². The monoisotopic (exact) mass is 226 g/mol. The lowest BCUT2D eigenvalue weighted by molar-refractivity contribution is 0.974. The van der Waals surface area contributed by atoms with Crippen molar-refractivity contribution >= 4 is 5.69 Å². The number of nitriles is 1. The lowest BCUT2D eigenvalue weighted by Crippen LogP contribution is -2.07. The number of imidazole rings is 1. The minimum Gasteiger partial charge on any atom is -0.383 e. The van der Waals surface area contributed by atoms with E-state index in [1.165, 1.54) is 0 Å². The molecule has 1 aromatic heterocycles. The van der Waals surface area contributed by atoms with Gasteiger partial charge in [-0.25, -0.2) is 4.98 Å². The first-order valence-corrected chi connectivity index (χ1v) is 5.52. The number of para-hydroxylation sites is 1. The molecule has 0 aliphatic carbocycles. The molecular formula is C13H14N4. The van der Waals surface area contributed by atoms with Crippen molar-refractivity contribution in [2.45, 2.75) is 13.3 Å². The molecule has 0 amide bonds. The van der Waals surface area contributed by atoms with Gasteiger partial charge in [0.2, 0.25) is 0 Å². The fourth-order valence-corrected chi connectivity index (χ4v) is 1.74. The molecule has 0 atom stereocenters. The number of anilines is 1. The van der Waals surface area contributed by atoms with Crippen LogP contribution in [0.3, 0.4) is 0 Å².